The summed E-state index contributed by atoms with van der Waals surface area (Å²) in [6, 6.07) is 1.38. The molecule has 0 bridgehead atoms. The van der Waals surface area contributed by atoms with E-state index in [0.717, 1.165) is 0 Å². The summed E-state index contributed by atoms with van der Waals surface area (Å²) in [5, 5.41) is 29.3. The van der Waals surface area contributed by atoms with Crippen molar-refractivity contribution in [3.8, 4) is 22.6 Å². The maximum absolute atomic E-state index is 12.1. The molecule has 2 rings (SSSR count). The molecule has 25 heavy (non-hydrogen) atoms. The number of rotatable bonds is 4. The number of phenolic OH excluding ortho intramolecular Hbond substituents is 1. The fraction of sp³-hybridized carbons (Fsp3) is 0.0714. The van der Waals surface area contributed by atoms with Gasteiger partial charge in [0, 0.05) is 20.1 Å². The fourth-order valence-electron chi connectivity index (χ4n) is 2.27. The molecular formula is C14H10Br2N2O7. The Bertz CT molecular complexity index is 969. The zero-order valence-corrected chi connectivity index (χ0v) is 15.6. The molecular weight excluding hydrogens is 468 g/mol. The van der Waals surface area contributed by atoms with E-state index in [2.05, 4.69) is 31.9 Å². The fourth-order valence-corrected chi connectivity index (χ4v) is 3.18. The number of aromatic carboxylic acids is 2. The van der Waals surface area contributed by atoms with Crippen LogP contribution in [0.2, 0.25) is 0 Å². The molecule has 0 aliphatic carbocycles. The Balaban J connectivity index is 3.18. The number of hydrogen-bond acceptors (Lipinski definition) is 6. The number of halogens is 2. The van der Waals surface area contributed by atoms with Crippen LogP contribution in [0.4, 0.5) is 5.82 Å². The normalized spacial score (nSPS) is 10.5. The van der Waals surface area contributed by atoms with Crippen LogP contribution in [0.3, 0.4) is 0 Å². The van der Waals surface area contributed by atoms with Crippen LogP contribution >= 0.6 is 31.9 Å². The molecule has 0 saturated heterocycles. The third kappa shape index (κ3) is 3.07. The average Bonchev–Trinajstić information content (AvgIpc) is 2.49. The summed E-state index contributed by atoms with van der Waals surface area (Å²) < 4.78 is 5.43. The quantitative estimate of drug-likeness (QED) is 0.447. The van der Waals surface area contributed by atoms with E-state index in [-0.39, 0.29) is 15.8 Å². The van der Waals surface area contributed by atoms with Crippen LogP contribution in [-0.2, 0) is 0 Å². The van der Waals surface area contributed by atoms with Crippen LogP contribution < -0.4 is 16.0 Å². The number of nitrogens with one attached hydrogen (secondary N) is 1. The van der Waals surface area contributed by atoms with Crippen LogP contribution in [0, 0.1) is 0 Å². The lowest BCUT2D eigenvalue weighted by Crippen LogP contribution is -2.24. The molecule has 0 saturated carbocycles. The van der Waals surface area contributed by atoms with Crippen molar-refractivity contribution in [2.45, 2.75) is 0 Å². The predicted octanol–water partition coefficient (Wildman–Crippen LogP) is 2.26. The number of carbonyl (C=O) groups is 2. The second kappa shape index (κ2) is 6.76. The Morgan fingerprint density at radius 2 is 1.72 bits per heavy atom. The summed E-state index contributed by atoms with van der Waals surface area (Å²) in [6.07, 6.45) is 0. The van der Waals surface area contributed by atoms with Gasteiger partial charge in [-0.15, -0.1) is 0 Å². The van der Waals surface area contributed by atoms with Gasteiger partial charge in [0.25, 0.3) is 5.56 Å². The van der Waals surface area contributed by atoms with Crippen molar-refractivity contribution in [1.29, 1.82) is 0 Å². The summed E-state index contributed by atoms with van der Waals surface area (Å²) in [5.74, 6) is -4.47. The van der Waals surface area contributed by atoms with E-state index in [1.165, 1.54) is 13.2 Å². The second-order valence-corrected chi connectivity index (χ2v) is 6.35. The first kappa shape index (κ1) is 18.8. The van der Waals surface area contributed by atoms with E-state index in [1.807, 2.05) is 4.98 Å². The summed E-state index contributed by atoms with van der Waals surface area (Å²) in [5.41, 5.74) is 2.08. The maximum Gasteiger partial charge on any atom is 0.342 e. The molecule has 1 aromatic heterocycles. The number of anilines is 1. The molecule has 132 valence electrons. The zero-order valence-electron chi connectivity index (χ0n) is 12.4. The van der Waals surface area contributed by atoms with Gasteiger partial charge in [-0.2, -0.15) is 0 Å². The molecule has 1 aromatic carbocycles. The number of phenols is 1. The number of benzene rings is 1. The van der Waals surface area contributed by atoms with E-state index >= 15 is 0 Å². The van der Waals surface area contributed by atoms with Gasteiger partial charge in [-0.25, -0.2) is 9.59 Å². The minimum absolute atomic E-state index is 0.0726. The van der Waals surface area contributed by atoms with E-state index < -0.39 is 45.8 Å². The van der Waals surface area contributed by atoms with Gasteiger partial charge in [-0.05, 0) is 37.9 Å². The SMILES string of the molecule is COc1cc(Br)c(Br)c(-c2c(C(=O)O)c(N)[nH]c(=O)c2C(=O)O)c1O. The van der Waals surface area contributed by atoms with E-state index in [0.29, 0.717) is 4.47 Å². The molecule has 1 heterocycles. The monoisotopic (exact) mass is 476 g/mol. The van der Waals surface area contributed by atoms with Crippen LogP contribution in [0.1, 0.15) is 20.7 Å². The Morgan fingerprint density at radius 3 is 2.20 bits per heavy atom. The Labute approximate surface area is 156 Å². The minimum atomic E-state index is -1.69. The number of methoxy groups -OCH3 is 1. The van der Waals surface area contributed by atoms with Crippen LogP contribution in [-0.4, -0.2) is 39.4 Å². The highest BCUT2D eigenvalue weighted by atomic mass is 79.9. The summed E-state index contributed by atoms with van der Waals surface area (Å²) in [4.78, 5) is 37.2. The first-order valence-electron chi connectivity index (χ1n) is 6.39. The Hall–Kier alpha value is -2.53. The van der Waals surface area contributed by atoms with Gasteiger partial charge in [0.05, 0.1) is 7.11 Å². The molecule has 11 heteroatoms. The third-order valence-corrected chi connectivity index (χ3v) is 5.28. The largest absolute Gasteiger partial charge is 0.504 e. The van der Waals surface area contributed by atoms with Gasteiger partial charge >= 0.3 is 11.9 Å². The van der Waals surface area contributed by atoms with Crippen molar-refractivity contribution < 1.29 is 29.6 Å². The summed E-state index contributed by atoms with van der Waals surface area (Å²) in [6.45, 7) is 0. The lowest BCUT2D eigenvalue weighted by molar-refractivity contribution is 0.0695. The van der Waals surface area contributed by atoms with Crippen molar-refractivity contribution in [3.63, 3.8) is 0 Å². The standard InChI is InChI=1S/C14H10Br2N2O7/c1-25-4-2-3(15)9(16)6(10(4)19)5-7(13(21)22)11(17)18-12(20)8(5)14(23)24/h2,19H,1H3,(H,21,22)(H,23,24)(H3,17,18,20). The molecule has 9 nitrogen and oxygen atoms in total. The van der Waals surface area contributed by atoms with Crippen LogP contribution in [0.15, 0.2) is 19.8 Å². The van der Waals surface area contributed by atoms with Crippen molar-refractivity contribution >= 4 is 49.6 Å². The first-order valence-corrected chi connectivity index (χ1v) is 7.98. The van der Waals surface area contributed by atoms with Gasteiger partial charge in [-0.1, -0.05) is 0 Å². The number of nitrogen functional groups attached to an aromatic ring is 1. The number of nitrogens with two attached hydrogens (primary N) is 1. The topological polar surface area (TPSA) is 163 Å². The lowest BCUT2D eigenvalue weighted by atomic mass is 9.94. The lowest BCUT2D eigenvalue weighted by Gasteiger charge is -2.17. The van der Waals surface area contributed by atoms with Gasteiger partial charge in [-0.3, -0.25) is 4.79 Å². The number of aromatic hydroxyl groups is 1. The van der Waals surface area contributed by atoms with E-state index in [9.17, 15) is 29.7 Å². The number of hydrogen-bond donors (Lipinski definition) is 5. The molecule has 0 aliphatic heterocycles. The number of H-pyrrole nitrogens is 1. The number of pyridine rings is 1. The van der Waals surface area contributed by atoms with Crippen molar-refractivity contribution in [2.75, 3.05) is 12.8 Å². The predicted molar refractivity (Wildman–Crippen MR) is 94.4 cm³/mol. The molecule has 6 N–H and O–H groups in total. The number of aromatic amines is 1. The minimum Gasteiger partial charge on any atom is -0.504 e. The number of carboxylic acid groups (broad SMARTS) is 2. The van der Waals surface area contributed by atoms with Crippen molar-refractivity contribution in [3.05, 3.63) is 36.5 Å². The number of ether oxygens (including phenoxy) is 1. The highest BCUT2D eigenvalue weighted by Gasteiger charge is 2.31. The molecule has 2 aromatic rings. The maximum atomic E-state index is 12.1. The average molecular weight is 478 g/mol. The molecule has 0 radical (unpaired) electrons. The Kier molecular flexibility index (Phi) is 5.09. The zero-order chi connectivity index (χ0) is 19.0. The van der Waals surface area contributed by atoms with Gasteiger partial charge in [0.2, 0.25) is 0 Å². The van der Waals surface area contributed by atoms with Crippen molar-refractivity contribution in [2.24, 2.45) is 0 Å². The van der Waals surface area contributed by atoms with Crippen LogP contribution in [0.25, 0.3) is 11.1 Å². The molecule has 0 fully saturated rings. The molecule has 0 amide bonds. The molecule has 0 aliphatic rings. The smallest absolute Gasteiger partial charge is 0.342 e. The highest BCUT2D eigenvalue weighted by molar-refractivity contribution is 9.13. The van der Waals surface area contributed by atoms with E-state index in [1.54, 1.807) is 0 Å². The van der Waals surface area contributed by atoms with Gasteiger partial charge < -0.3 is 30.8 Å². The van der Waals surface area contributed by atoms with Crippen molar-refractivity contribution in [1.82, 2.24) is 4.98 Å². The molecule has 0 spiro atoms. The number of carboxylic acids is 2. The van der Waals surface area contributed by atoms with E-state index in [4.69, 9.17) is 10.5 Å². The summed E-state index contributed by atoms with van der Waals surface area (Å²) in [7, 11) is 1.25. The van der Waals surface area contributed by atoms with Gasteiger partial charge in [0.15, 0.2) is 11.5 Å². The molecule has 0 unspecified atom stereocenters. The summed E-state index contributed by atoms with van der Waals surface area (Å²) >= 11 is 6.32. The highest BCUT2D eigenvalue weighted by Crippen LogP contribution is 2.48. The Morgan fingerprint density at radius 1 is 1.16 bits per heavy atom. The second-order valence-electron chi connectivity index (χ2n) is 4.70. The molecule has 0 atom stereocenters. The van der Waals surface area contributed by atoms with Crippen LogP contribution in [0.5, 0.6) is 11.5 Å². The first-order chi connectivity index (χ1) is 11.6. The third-order valence-electron chi connectivity index (χ3n) is 3.30. The van der Waals surface area contributed by atoms with Gasteiger partial charge in [0.1, 0.15) is 16.9 Å². The number of aromatic nitrogens is 1.